The van der Waals surface area contributed by atoms with Crippen LogP contribution in [0.3, 0.4) is 0 Å². The molecule has 2 N–H and O–H groups in total. The molecule has 1 atom stereocenters. The summed E-state index contributed by atoms with van der Waals surface area (Å²) in [6.07, 6.45) is 6.12. The lowest BCUT2D eigenvalue weighted by molar-refractivity contribution is 0.0487. The number of aliphatic imine (C=N–C) groups is 1. The summed E-state index contributed by atoms with van der Waals surface area (Å²) in [5.41, 5.74) is 0. The molecule has 26 heavy (non-hydrogen) atoms. The van der Waals surface area contributed by atoms with Crippen LogP contribution >= 0.6 is 24.0 Å². The molecular weight excluding hydrogens is 443 g/mol. The third kappa shape index (κ3) is 12.3. The number of rotatable bonds is 14. The van der Waals surface area contributed by atoms with Crippen molar-refractivity contribution in [3.05, 3.63) is 0 Å². The fourth-order valence-electron chi connectivity index (χ4n) is 2.96. The summed E-state index contributed by atoms with van der Waals surface area (Å²) in [6.45, 7) is 14.3. The van der Waals surface area contributed by atoms with Gasteiger partial charge in [-0.15, -0.1) is 24.0 Å². The fourth-order valence-corrected chi connectivity index (χ4v) is 2.96. The van der Waals surface area contributed by atoms with E-state index < -0.39 is 0 Å². The maximum atomic E-state index is 5.59. The van der Waals surface area contributed by atoms with E-state index in [1.54, 1.807) is 0 Å². The Morgan fingerprint density at radius 1 is 1.00 bits per heavy atom. The van der Waals surface area contributed by atoms with E-state index in [1.807, 2.05) is 0 Å². The van der Waals surface area contributed by atoms with E-state index in [2.05, 4.69) is 36.3 Å². The topological polar surface area (TPSA) is 58.1 Å². The summed E-state index contributed by atoms with van der Waals surface area (Å²) in [4.78, 5) is 7.35. The Bertz CT molecular complexity index is 340. The van der Waals surface area contributed by atoms with Gasteiger partial charge in [0.05, 0.1) is 26.4 Å². The molecule has 1 fully saturated rings. The highest BCUT2D eigenvalue weighted by Crippen LogP contribution is 2.14. The predicted octanol–water partition coefficient (Wildman–Crippen LogP) is 2.87. The monoisotopic (exact) mass is 484 g/mol. The van der Waals surface area contributed by atoms with Crippen molar-refractivity contribution >= 4 is 29.9 Å². The van der Waals surface area contributed by atoms with Crippen molar-refractivity contribution in [2.45, 2.75) is 58.9 Å². The largest absolute Gasteiger partial charge is 0.379 e. The third-order valence-corrected chi connectivity index (χ3v) is 4.49. The minimum atomic E-state index is 0. The van der Waals surface area contributed by atoms with E-state index in [4.69, 9.17) is 14.5 Å². The van der Waals surface area contributed by atoms with Crippen LogP contribution in [0.15, 0.2) is 4.99 Å². The van der Waals surface area contributed by atoms with E-state index >= 15 is 0 Å². The number of nitrogens with zero attached hydrogens (tertiary/aromatic N) is 2. The van der Waals surface area contributed by atoms with Crippen LogP contribution in [0.4, 0.5) is 0 Å². The first-order valence-corrected chi connectivity index (χ1v) is 10.2. The highest BCUT2D eigenvalue weighted by molar-refractivity contribution is 14.0. The van der Waals surface area contributed by atoms with E-state index in [0.717, 1.165) is 45.0 Å². The van der Waals surface area contributed by atoms with Crippen molar-refractivity contribution in [1.29, 1.82) is 0 Å². The Labute approximate surface area is 177 Å². The molecule has 6 nitrogen and oxygen atoms in total. The molecule has 1 aliphatic heterocycles. The molecule has 1 heterocycles. The van der Waals surface area contributed by atoms with E-state index in [-0.39, 0.29) is 24.0 Å². The van der Waals surface area contributed by atoms with Gasteiger partial charge in [0.15, 0.2) is 5.96 Å². The average molecular weight is 484 g/mol. The van der Waals surface area contributed by atoms with Crippen molar-refractivity contribution in [3.63, 3.8) is 0 Å². The molecule has 0 aromatic heterocycles. The number of hydrogen-bond acceptors (Lipinski definition) is 4. The molecule has 7 heteroatoms. The number of halogens is 1. The zero-order valence-electron chi connectivity index (χ0n) is 17.1. The van der Waals surface area contributed by atoms with Crippen LogP contribution in [-0.4, -0.2) is 76.1 Å². The molecule has 1 aliphatic rings. The van der Waals surface area contributed by atoms with E-state index in [1.165, 1.54) is 32.4 Å². The first kappa shape index (κ1) is 25.9. The second-order valence-corrected chi connectivity index (χ2v) is 6.53. The van der Waals surface area contributed by atoms with Crippen LogP contribution in [0.5, 0.6) is 0 Å². The zero-order chi connectivity index (χ0) is 18.2. The first-order valence-electron chi connectivity index (χ1n) is 10.2. The van der Waals surface area contributed by atoms with Gasteiger partial charge in [0.25, 0.3) is 0 Å². The molecule has 0 bridgehead atoms. The van der Waals surface area contributed by atoms with Gasteiger partial charge < -0.3 is 20.1 Å². The summed E-state index contributed by atoms with van der Waals surface area (Å²) >= 11 is 0. The number of ether oxygens (including phenoxy) is 2. The van der Waals surface area contributed by atoms with Crippen molar-refractivity contribution < 1.29 is 9.47 Å². The van der Waals surface area contributed by atoms with Gasteiger partial charge in [-0.1, -0.05) is 20.3 Å². The molecule has 1 rings (SSSR count). The maximum Gasteiger partial charge on any atom is 0.191 e. The Balaban J connectivity index is 0.00000625. The Morgan fingerprint density at radius 3 is 2.31 bits per heavy atom. The van der Waals surface area contributed by atoms with E-state index in [0.29, 0.717) is 25.9 Å². The molecule has 0 aromatic rings. The minimum absolute atomic E-state index is 0. The number of unbranched alkanes of at least 4 members (excludes halogenated alkanes) is 1. The number of hydrogen-bond donors (Lipinski definition) is 2. The van der Waals surface area contributed by atoms with Gasteiger partial charge >= 0.3 is 0 Å². The standard InChI is InChI=1S/C19H40N4O2.HI/c1-4-7-13-24-15-16-25-14-10-21-19(20-6-3)22-17-18(5-2)23-11-8-9-12-23;/h18H,4-17H2,1-3H3,(H2,20,21,22);1H. The van der Waals surface area contributed by atoms with Crippen LogP contribution in [-0.2, 0) is 9.47 Å². The molecular formula is C19H41IN4O2. The molecule has 0 aromatic carbocycles. The summed E-state index contributed by atoms with van der Waals surface area (Å²) in [5, 5.41) is 6.67. The van der Waals surface area contributed by atoms with Gasteiger partial charge in [0, 0.05) is 25.7 Å². The molecule has 1 unspecified atom stereocenters. The van der Waals surface area contributed by atoms with Crippen molar-refractivity contribution in [2.75, 3.05) is 59.2 Å². The Hall–Kier alpha value is -0.120. The Morgan fingerprint density at radius 2 is 1.69 bits per heavy atom. The van der Waals surface area contributed by atoms with Gasteiger partial charge in [0.1, 0.15) is 0 Å². The summed E-state index contributed by atoms with van der Waals surface area (Å²) in [6, 6.07) is 0.564. The number of guanidine groups is 1. The molecule has 0 amide bonds. The van der Waals surface area contributed by atoms with Gasteiger partial charge in [-0.25, -0.2) is 0 Å². The molecule has 1 saturated heterocycles. The quantitative estimate of drug-likeness (QED) is 0.172. The fraction of sp³-hybridized carbons (Fsp3) is 0.947. The molecule has 0 aliphatic carbocycles. The van der Waals surface area contributed by atoms with Crippen LogP contribution in [0, 0.1) is 0 Å². The van der Waals surface area contributed by atoms with Gasteiger partial charge in [-0.2, -0.15) is 0 Å². The smallest absolute Gasteiger partial charge is 0.191 e. The predicted molar refractivity (Wildman–Crippen MR) is 121 cm³/mol. The van der Waals surface area contributed by atoms with Gasteiger partial charge in [-0.05, 0) is 45.7 Å². The Kier molecular flexibility index (Phi) is 18.2. The normalized spacial score (nSPS) is 16.3. The van der Waals surface area contributed by atoms with Crippen LogP contribution < -0.4 is 10.6 Å². The summed E-state index contributed by atoms with van der Waals surface area (Å²) in [5.74, 6) is 0.892. The second kappa shape index (κ2) is 18.3. The summed E-state index contributed by atoms with van der Waals surface area (Å²) < 4.78 is 11.1. The highest BCUT2D eigenvalue weighted by Gasteiger charge is 2.19. The van der Waals surface area contributed by atoms with E-state index in [9.17, 15) is 0 Å². The zero-order valence-corrected chi connectivity index (χ0v) is 19.4. The minimum Gasteiger partial charge on any atom is -0.379 e. The van der Waals surface area contributed by atoms with Gasteiger partial charge in [-0.3, -0.25) is 9.89 Å². The highest BCUT2D eigenvalue weighted by atomic mass is 127. The first-order chi connectivity index (χ1) is 12.3. The number of likely N-dealkylation sites (tertiary alicyclic amines) is 1. The molecule has 156 valence electrons. The van der Waals surface area contributed by atoms with Crippen molar-refractivity contribution in [1.82, 2.24) is 15.5 Å². The van der Waals surface area contributed by atoms with Crippen molar-refractivity contribution in [3.8, 4) is 0 Å². The van der Waals surface area contributed by atoms with Crippen molar-refractivity contribution in [2.24, 2.45) is 4.99 Å². The third-order valence-electron chi connectivity index (χ3n) is 4.49. The lowest BCUT2D eigenvalue weighted by Gasteiger charge is -2.25. The van der Waals surface area contributed by atoms with Crippen LogP contribution in [0.2, 0.25) is 0 Å². The van der Waals surface area contributed by atoms with Crippen LogP contribution in [0.25, 0.3) is 0 Å². The second-order valence-electron chi connectivity index (χ2n) is 6.53. The van der Waals surface area contributed by atoms with Gasteiger partial charge in [0.2, 0.25) is 0 Å². The maximum absolute atomic E-state index is 5.59. The molecule has 0 spiro atoms. The lowest BCUT2D eigenvalue weighted by atomic mass is 10.2. The summed E-state index contributed by atoms with van der Waals surface area (Å²) in [7, 11) is 0. The number of nitrogens with one attached hydrogen (secondary N) is 2. The van der Waals surface area contributed by atoms with Crippen LogP contribution in [0.1, 0.15) is 52.9 Å². The lowest BCUT2D eigenvalue weighted by Crippen LogP contribution is -2.41. The molecule has 0 radical (unpaired) electrons. The molecule has 0 saturated carbocycles. The average Bonchev–Trinajstić information content (AvgIpc) is 3.15. The SMILES string of the molecule is CCCCOCCOCCNC(=NCC(CC)N1CCCC1)NCC.I.